The largest absolute Gasteiger partial charge is 0.594 e. The van der Waals surface area contributed by atoms with Gasteiger partial charge < -0.3 is 5.21 Å². The van der Waals surface area contributed by atoms with E-state index >= 15 is 0 Å². The van der Waals surface area contributed by atoms with Gasteiger partial charge in [0, 0.05) is 16.2 Å². The van der Waals surface area contributed by atoms with E-state index in [0.29, 0.717) is 42.2 Å². The Kier molecular flexibility index (Phi) is 3.30. The highest BCUT2D eigenvalue weighted by Gasteiger charge is 2.18. The van der Waals surface area contributed by atoms with Gasteiger partial charge in [0.25, 0.3) is 5.52 Å². The molecular formula is C15H7Cl3N4O. The van der Waals surface area contributed by atoms with Gasteiger partial charge in [-0.3, -0.25) is 0 Å². The Hall–Kier alpha value is -2.08. The lowest BCUT2D eigenvalue weighted by atomic mass is 10.1. The van der Waals surface area contributed by atoms with Crippen molar-refractivity contribution in [1.29, 1.82) is 0 Å². The summed E-state index contributed by atoms with van der Waals surface area (Å²) in [5, 5.41) is 22.0. The average Bonchev–Trinajstić information content (AvgIpc) is 2.94. The molecule has 0 radical (unpaired) electrons. The first-order chi connectivity index (χ1) is 11.0. The molecule has 0 unspecified atom stereocenters. The molecule has 5 nitrogen and oxygen atoms in total. The van der Waals surface area contributed by atoms with Crippen molar-refractivity contribution in [2.75, 3.05) is 0 Å². The second kappa shape index (κ2) is 5.23. The van der Waals surface area contributed by atoms with E-state index in [1.165, 1.54) is 0 Å². The fraction of sp³-hybridized carbons (Fsp3) is 0. The first-order valence-electron chi connectivity index (χ1n) is 6.57. The molecule has 0 bridgehead atoms. The van der Waals surface area contributed by atoms with Crippen LogP contribution >= 0.6 is 34.8 Å². The summed E-state index contributed by atoms with van der Waals surface area (Å²) in [5.41, 5.74) is 2.81. The minimum Gasteiger partial charge on any atom is -0.594 e. The van der Waals surface area contributed by atoms with E-state index in [1.54, 1.807) is 47.1 Å². The van der Waals surface area contributed by atoms with Crippen LogP contribution < -0.4 is 4.85 Å². The quantitative estimate of drug-likeness (QED) is 0.376. The summed E-state index contributed by atoms with van der Waals surface area (Å²) >= 11 is 18.0. The molecule has 0 fully saturated rings. The summed E-state index contributed by atoms with van der Waals surface area (Å²) in [6.45, 7) is 0. The van der Waals surface area contributed by atoms with Gasteiger partial charge in [0.1, 0.15) is 5.52 Å². The van der Waals surface area contributed by atoms with Gasteiger partial charge in [0.2, 0.25) is 5.65 Å². The highest BCUT2D eigenvalue weighted by molar-refractivity contribution is 6.42. The van der Waals surface area contributed by atoms with Gasteiger partial charge >= 0.3 is 0 Å². The molecular weight excluding hydrogens is 359 g/mol. The number of hydrogen-bond donors (Lipinski definition) is 0. The zero-order valence-electron chi connectivity index (χ0n) is 11.4. The third-order valence-corrected chi connectivity index (χ3v) is 4.51. The van der Waals surface area contributed by atoms with Gasteiger partial charge in [0.05, 0.1) is 21.8 Å². The predicted molar refractivity (Wildman–Crippen MR) is 89.9 cm³/mol. The third kappa shape index (κ3) is 2.28. The van der Waals surface area contributed by atoms with Crippen LogP contribution in [0.5, 0.6) is 0 Å². The predicted octanol–water partition coefficient (Wildman–Crippen LogP) is 4.14. The first-order valence-corrected chi connectivity index (χ1v) is 7.70. The van der Waals surface area contributed by atoms with Gasteiger partial charge in [-0.15, -0.1) is 0 Å². The van der Waals surface area contributed by atoms with E-state index in [4.69, 9.17) is 34.8 Å². The fourth-order valence-corrected chi connectivity index (χ4v) is 2.91. The Bertz CT molecular complexity index is 1080. The molecule has 2 aromatic heterocycles. The molecule has 2 heterocycles. The zero-order chi connectivity index (χ0) is 16.1. The van der Waals surface area contributed by atoms with Crippen LogP contribution in [-0.4, -0.2) is 14.7 Å². The summed E-state index contributed by atoms with van der Waals surface area (Å²) in [5.74, 6) is 0. The molecule has 2 aromatic carbocycles. The van der Waals surface area contributed by atoms with Crippen LogP contribution in [0.2, 0.25) is 15.1 Å². The lowest BCUT2D eigenvalue weighted by Crippen LogP contribution is -2.33. The monoisotopic (exact) mass is 364 g/mol. The van der Waals surface area contributed by atoms with Crippen LogP contribution in [-0.2, 0) is 0 Å². The van der Waals surface area contributed by atoms with Crippen molar-refractivity contribution in [3.8, 4) is 11.1 Å². The smallest absolute Gasteiger partial charge is 0.270 e. The molecule has 0 aliphatic carbocycles. The number of halogens is 3. The van der Waals surface area contributed by atoms with Crippen LogP contribution in [0.1, 0.15) is 0 Å². The summed E-state index contributed by atoms with van der Waals surface area (Å²) in [7, 11) is 0. The Balaban J connectivity index is 2.06. The molecule has 0 aliphatic heterocycles. The van der Waals surface area contributed by atoms with Crippen molar-refractivity contribution >= 4 is 51.5 Å². The molecule has 0 amide bonds. The summed E-state index contributed by atoms with van der Waals surface area (Å²) in [6.07, 6.45) is 1.63. The van der Waals surface area contributed by atoms with Crippen LogP contribution in [0.15, 0.2) is 42.6 Å². The Morgan fingerprint density at radius 3 is 2.61 bits per heavy atom. The highest BCUT2D eigenvalue weighted by Crippen LogP contribution is 2.30. The first kappa shape index (κ1) is 14.5. The fourth-order valence-electron chi connectivity index (χ4n) is 2.45. The standard InChI is InChI=1S/C15H7Cl3N4O/c16-9-2-4-13-14(6-9)21-15(20-22(13)23)10(7-19-21)8-1-3-11(17)12(18)5-8/h1-7H. The second-order valence-corrected chi connectivity index (χ2v) is 6.18. The van der Waals surface area contributed by atoms with Crippen LogP contribution in [0.25, 0.3) is 27.8 Å². The van der Waals surface area contributed by atoms with Crippen LogP contribution in [0.3, 0.4) is 0 Å². The summed E-state index contributed by atoms with van der Waals surface area (Å²) in [4.78, 5) is 0.559. The molecule has 0 saturated carbocycles. The number of aromatic nitrogens is 4. The molecule has 8 heteroatoms. The van der Waals surface area contributed by atoms with E-state index in [1.807, 2.05) is 0 Å². The van der Waals surface area contributed by atoms with Crippen molar-refractivity contribution in [2.24, 2.45) is 0 Å². The van der Waals surface area contributed by atoms with E-state index in [-0.39, 0.29) is 0 Å². The van der Waals surface area contributed by atoms with Gasteiger partial charge in [-0.25, -0.2) is 4.52 Å². The van der Waals surface area contributed by atoms with Gasteiger partial charge in [-0.05, 0) is 34.7 Å². The van der Waals surface area contributed by atoms with Crippen molar-refractivity contribution in [1.82, 2.24) is 14.7 Å². The van der Waals surface area contributed by atoms with Crippen molar-refractivity contribution in [2.45, 2.75) is 0 Å². The Morgan fingerprint density at radius 1 is 1.00 bits per heavy atom. The molecule has 23 heavy (non-hydrogen) atoms. The molecule has 0 aliphatic rings. The third-order valence-electron chi connectivity index (χ3n) is 3.53. The van der Waals surface area contributed by atoms with Crippen molar-refractivity contribution in [3.05, 3.63) is 62.9 Å². The van der Waals surface area contributed by atoms with Crippen LogP contribution in [0.4, 0.5) is 0 Å². The molecule has 0 N–H and O–H groups in total. The van der Waals surface area contributed by atoms with Gasteiger partial charge in [-0.2, -0.15) is 5.10 Å². The minimum atomic E-state index is 0.380. The maximum absolute atomic E-state index is 12.2. The maximum Gasteiger partial charge on any atom is 0.270 e. The SMILES string of the molecule is [O-][n+]1nc2c(-c3ccc(Cl)c(Cl)c3)cnn2c2cc(Cl)ccc21. The minimum absolute atomic E-state index is 0.380. The summed E-state index contributed by atoms with van der Waals surface area (Å²) < 4.78 is 1.58. The topological polar surface area (TPSA) is 57.1 Å². The number of fused-ring (bicyclic) bond motifs is 3. The number of hydrogen-bond acceptors (Lipinski definition) is 3. The highest BCUT2D eigenvalue weighted by atomic mass is 35.5. The van der Waals surface area contributed by atoms with E-state index in [9.17, 15) is 5.21 Å². The van der Waals surface area contributed by atoms with Crippen molar-refractivity contribution < 1.29 is 4.85 Å². The lowest BCUT2D eigenvalue weighted by Gasteiger charge is -2.04. The van der Waals surface area contributed by atoms with Gasteiger partial charge in [-0.1, -0.05) is 40.9 Å². The van der Waals surface area contributed by atoms with E-state index in [2.05, 4.69) is 10.2 Å². The average molecular weight is 366 g/mol. The van der Waals surface area contributed by atoms with Gasteiger partial charge in [0.15, 0.2) is 0 Å². The molecule has 114 valence electrons. The normalized spacial score (nSPS) is 11.4. The number of benzene rings is 2. The van der Waals surface area contributed by atoms with Crippen molar-refractivity contribution in [3.63, 3.8) is 0 Å². The lowest BCUT2D eigenvalue weighted by molar-refractivity contribution is -0.640. The molecule has 0 saturated heterocycles. The number of rotatable bonds is 1. The Morgan fingerprint density at radius 2 is 1.83 bits per heavy atom. The zero-order valence-corrected chi connectivity index (χ0v) is 13.6. The Labute approximate surface area is 145 Å². The maximum atomic E-state index is 12.2. The van der Waals surface area contributed by atoms with Crippen LogP contribution in [0, 0.1) is 5.21 Å². The molecule has 0 spiro atoms. The number of nitrogens with zero attached hydrogens (tertiary/aromatic N) is 4. The molecule has 4 rings (SSSR count). The second-order valence-electron chi connectivity index (χ2n) is 4.93. The van der Waals surface area contributed by atoms with E-state index < -0.39 is 0 Å². The molecule has 4 aromatic rings. The molecule has 0 atom stereocenters. The summed E-state index contributed by atoms with van der Waals surface area (Å²) in [6, 6.07) is 10.1. The van der Waals surface area contributed by atoms with E-state index in [0.717, 1.165) is 5.56 Å².